The van der Waals surface area contributed by atoms with E-state index >= 15 is 0 Å². The summed E-state index contributed by atoms with van der Waals surface area (Å²) in [6.45, 7) is 5.81. The number of methoxy groups -OCH3 is 1. The molecule has 0 aromatic heterocycles. The lowest BCUT2D eigenvalue weighted by Crippen LogP contribution is -2.53. The molecule has 242 valence electrons. The lowest BCUT2D eigenvalue weighted by atomic mass is 10.0. The number of anilines is 1. The molecule has 0 spiro atoms. The van der Waals surface area contributed by atoms with Crippen LogP contribution in [0.1, 0.15) is 30.5 Å². The van der Waals surface area contributed by atoms with Gasteiger partial charge in [0.15, 0.2) is 0 Å². The van der Waals surface area contributed by atoms with E-state index in [0.717, 1.165) is 21.0 Å². The number of carbonyl (C=O) groups is 2. The highest BCUT2D eigenvalue weighted by Crippen LogP contribution is 2.27. The molecule has 0 unspecified atom stereocenters. The van der Waals surface area contributed by atoms with Crippen LogP contribution in [-0.4, -0.2) is 51.4 Å². The van der Waals surface area contributed by atoms with Gasteiger partial charge in [-0.1, -0.05) is 85.6 Å². The molecule has 0 heterocycles. The predicted molar refractivity (Wildman–Crippen MR) is 182 cm³/mol. The smallest absolute Gasteiger partial charge is 0.264 e. The standard InChI is InChI=1S/C36H40ClN3O5S/c1-26(2)23-38-36(42)34(22-28-9-6-5-7-10-28)39(24-29-11-8-12-32(21-29)45-4)35(41)25-40(31-17-13-27(3)14-18-31)46(43,44)33-19-15-30(37)16-20-33/h5-21,26,34H,22-25H2,1-4H3,(H,38,42)/t34-/m0/s1. The van der Waals surface area contributed by atoms with Crippen LogP contribution in [0, 0.1) is 12.8 Å². The second-order valence-corrected chi connectivity index (χ2v) is 13.8. The zero-order valence-electron chi connectivity index (χ0n) is 26.5. The molecular formula is C36H40ClN3O5S. The van der Waals surface area contributed by atoms with Crippen molar-refractivity contribution in [1.29, 1.82) is 0 Å². The van der Waals surface area contributed by atoms with Gasteiger partial charge in [0.05, 0.1) is 17.7 Å². The van der Waals surface area contributed by atoms with Crippen molar-refractivity contribution in [3.05, 3.63) is 125 Å². The van der Waals surface area contributed by atoms with Crippen molar-refractivity contribution < 1.29 is 22.7 Å². The maximum Gasteiger partial charge on any atom is 0.264 e. The van der Waals surface area contributed by atoms with Gasteiger partial charge in [-0.25, -0.2) is 8.42 Å². The third kappa shape index (κ3) is 9.11. The van der Waals surface area contributed by atoms with Gasteiger partial charge in [-0.05, 0) is 72.5 Å². The fourth-order valence-electron chi connectivity index (χ4n) is 4.92. The number of amides is 2. The number of hydrogen-bond acceptors (Lipinski definition) is 5. The molecule has 10 heteroatoms. The topological polar surface area (TPSA) is 96.0 Å². The van der Waals surface area contributed by atoms with Crippen LogP contribution in [0.25, 0.3) is 0 Å². The summed E-state index contributed by atoms with van der Waals surface area (Å²) in [7, 11) is -2.66. The number of hydrogen-bond donors (Lipinski definition) is 1. The molecule has 4 aromatic rings. The van der Waals surface area contributed by atoms with E-state index in [1.165, 1.54) is 29.2 Å². The molecule has 2 amide bonds. The fraction of sp³-hybridized carbons (Fsp3) is 0.278. The summed E-state index contributed by atoms with van der Waals surface area (Å²) in [6, 6.07) is 28.5. The first-order valence-electron chi connectivity index (χ1n) is 15.1. The molecule has 0 fully saturated rings. The van der Waals surface area contributed by atoms with E-state index in [9.17, 15) is 18.0 Å². The Hall–Kier alpha value is -4.34. The summed E-state index contributed by atoms with van der Waals surface area (Å²) in [5.41, 5.74) is 2.84. The normalized spacial score (nSPS) is 12.0. The Morgan fingerprint density at radius 2 is 1.52 bits per heavy atom. The summed E-state index contributed by atoms with van der Waals surface area (Å²) in [4.78, 5) is 29.9. The minimum Gasteiger partial charge on any atom is -0.497 e. The third-order valence-electron chi connectivity index (χ3n) is 7.45. The van der Waals surface area contributed by atoms with Gasteiger partial charge in [0.2, 0.25) is 11.8 Å². The van der Waals surface area contributed by atoms with Crippen LogP contribution in [0.3, 0.4) is 0 Å². The maximum absolute atomic E-state index is 14.5. The monoisotopic (exact) mass is 661 g/mol. The zero-order chi connectivity index (χ0) is 33.3. The van der Waals surface area contributed by atoms with Crippen molar-refractivity contribution in [2.24, 2.45) is 5.92 Å². The van der Waals surface area contributed by atoms with E-state index in [4.69, 9.17) is 16.3 Å². The Kier molecular flexibility index (Phi) is 11.8. The van der Waals surface area contributed by atoms with Gasteiger partial charge in [-0.2, -0.15) is 0 Å². The van der Waals surface area contributed by atoms with Crippen molar-refractivity contribution >= 4 is 39.1 Å². The number of rotatable bonds is 14. The fourth-order valence-corrected chi connectivity index (χ4v) is 6.46. The predicted octanol–water partition coefficient (Wildman–Crippen LogP) is 6.26. The van der Waals surface area contributed by atoms with Crippen molar-refractivity contribution in [2.45, 2.75) is 44.7 Å². The van der Waals surface area contributed by atoms with Crippen molar-refractivity contribution in [3.8, 4) is 5.75 Å². The van der Waals surface area contributed by atoms with E-state index in [-0.39, 0.29) is 29.7 Å². The number of halogens is 1. The third-order valence-corrected chi connectivity index (χ3v) is 9.49. The highest BCUT2D eigenvalue weighted by molar-refractivity contribution is 7.92. The van der Waals surface area contributed by atoms with Gasteiger partial charge in [-0.15, -0.1) is 0 Å². The van der Waals surface area contributed by atoms with E-state index in [1.807, 2.05) is 63.2 Å². The van der Waals surface area contributed by atoms with Gasteiger partial charge in [0.25, 0.3) is 10.0 Å². The average molecular weight is 662 g/mol. The zero-order valence-corrected chi connectivity index (χ0v) is 28.1. The first-order valence-corrected chi connectivity index (χ1v) is 16.9. The Balaban J connectivity index is 1.80. The van der Waals surface area contributed by atoms with Crippen LogP contribution in [-0.2, 0) is 32.6 Å². The van der Waals surface area contributed by atoms with Crippen LogP contribution in [0.15, 0.2) is 108 Å². The highest BCUT2D eigenvalue weighted by Gasteiger charge is 2.34. The van der Waals surface area contributed by atoms with Crippen molar-refractivity contribution in [3.63, 3.8) is 0 Å². The number of aryl methyl sites for hydroxylation is 1. The number of carbonyl (C=O) groups excluding carboxylic acids is 2. The van der Waals surface area contributed by atoms with Crippen LogP contribution in [0.5, 0.6) is 5.75 Å². The molecule has 0 aliphatic heterocycles. The summed E-state index contributed by atoms with van der Waals surface area (Å²) in [5, 5.41) is 3.38. The van der Waals surface area contributed by atoms with E-state index in [0.29, 0.717) is 23.0 Å². The Morgan fingerprint density at radius 1 is 0.870 bits per heavy atom. The van der Waals surface area contributed by atoms with Gasteiger partial charge in [0, 0.05) is 24.5 Å². The molecule has 46 heavy (non-hydrogen) atoms. The van der Waals surface area contributed by atoms with Gasteiger partial charge >= 0.3 is 0 Å². The number of nitrogens with zero attached hydrogens (tertiary/aromatic N) is 2. The molecule has 8 nitrogen and oxygen atoms in total. The molecule has 1 atom stereocenters. The SMILES string of the molecule is COc1cccc(CN(C(=O)CN(c2ccc(C)cc2)S(=O)(=O)c2ccc(Cl)cc2)[C@@H](Cc2ccccc2)C(=O)NCC(C)C)c1. The molecule has 4 aromatic carbocycles. The largest absolute Gasteiger partial charge is 0.497 e. The average Bonchev–Trinajstić information content (AvgIpc) is 3.05. The van der Waals surface area contributed by atoms with E-state index in [2.05, 4.69) is 5.32 Å². The molecular weight excluding hydrogens is 622 g/mol. The number of benzene rings is 4. The summed E-state index contributed by atoms with van der Waals surface area (Å²) in [6.07, 6.45) is 0.231. The Bertz CT molecular complexity index is 1710. The highest BCUT2D eigenvalue weighted by atomic mass is 35.5. The second-order valence-electron chi connectivity index (χ2n) is 11.5. The minimum absolute atomic E-state index is 0.0138. The summed E-state index contributed by atoms with van der Waals surface area (Å²) >= 11 is 6.06. The molecule has 0 aliphatic carbocycles. The van der Waals surface area contributed by atoms with Crippen molar-refractivity contribution in [1.82, 2.24) is 10.2 Å². The van der Waals surface area contributed by atoms with Gasteiger partial charge < -0.3 is 15.0 Å². The van der Waals surface area contributed by atoms with Gasteiger partial charge in [-0.3, -0.25) is 13.9 Å². The summed E-state index contributed by atoms with van der Waals surface area (Å²) < 4.78 is 34.7. The molecule has 0 saturated carbocycles. The van der Waals surface area contributed by atoms with Gasteiger partial charge in [0.1, 0.15) is 18.3 Å². The number of nitrogens with one attached hydrogen (secondary N) is 1. The minimum atomic E-state index is -4.22. The molecule has 4 rings (SSSR count). The van der Waals surface area contributed by atoms with E-state index in [1.54, 1.807) is 43.5 Å². The molecule has 0 saturated heterocycles. The molecule has 1 N–H and O–H groups in total. The van der Waals surface area contributed by atoms with Crippen molar-refractivity contribution in [2.75, 3.05) is 24.5 Å². The lowest BCUT2D eigenvalue weighted by Gasteiger charge is -2.34. The Labute approximate surface area is 277 Å². The Morgan fingerprint density at radius 3 is 2.15 bits per heavy atom. The van der Waals surface area contributed by atoms with Crippen LogP contribution in [0.2, 0.25) is 5.02 Å². The van der Waals surface area contributed by atoms with Crippen LogP contribution < -0.4 is 14.4 Å². The number of sulfonamides is 1. The number of ether oxygens (including phenoxy) is 1. The molecule has 0 radical (unpaired) electrons. The maximum atomic E-state index is 14.5. The quantitative estimate of drug-likeness (QED) is 0.172. The molecule has 0 bridgehead atoms. The lowest BCUT2D eigenvalue weighted by molar-refractivity contribution is -0.140. The van der Waals surface area contributed by atoms with E-state index < -0.39 is 28.5 Å². The first-order chi connectivity index (χ1) is 22.0. The summed E-state index contributed by atoms with van der Waals surface area (Å²) in [5.74, 6) is -0.0800. The first kappa shape index (κ1) is 34.5. The van der Waals surface area contributed by atoms with Crippen LogP contribution >= 0.6 is 11.6 Å². The second kappa shape index (κ2) is 15.8. The van der Waals surface area contributed by atoms with Crippen LogP contribution in [0.4, 0.5) is 5.69 Å². The molecule has 0 aliphatic rings.